The third kappa shape index (κ3) is 2.79. The van der Waals surface area contributed by atoms with Crippen LogP contribution in [0, 0.1) is 3.57 Å². The second kappa shape index (κ2) is 4.54. The van der Waals surface area contributed by atoms with E-state index < -0.39 is 12.6 Å². The number of carbonyl (C=O) groups is 1. The largest absolute Gasteiger partial charge is 0.478 e. The van der Waals surface area contributed by atoms with Crippen LogP contribution in [0.15, 0.2) is 18.2 Å². The first-order chi connectivity index (χ1) is 6.50. The van der Waals surface area contributed by atoms with Gasteiger partial charge in [0.25, 0.3) is 0 Å². The SMILES string of the molecule is O=C(O)c1ccc(I)cc1OC(F)F. The predicted molar refractivity (Wildman–Crippen MR) is 52.8 cm³/mol. The lowest BCUT2D eigenvalue weighted by atomic mass is 10.2. The number of aromatic carboxylic acids is 1. The summed E-state index contributed by atoms with van der Waals surface area (Å²) in [6, 6.07) is 3.97. The van der Waals surface area contributed by atoms with E-state index in [9.17, 15) is 13.6 Å². The van der Waals surface area contributed by atoms with Gasteiger partial charge in [-0.3, -0.25) is 0 Å². The average molecular weight is 314 g/mol. The molecule has 0 unspecified atom stereocenters. The van der Waals surface area contributed by atoms with Gasteiger partial charge in [0.2, 0.25) is 0 Å². The summed E-state index contributed by atoms with van der Waals surface area (Å²) in [5, 5.41) is 8.64. The monoisotopic (exact) mass is 314 g/mol. The first kappa shape index (κ1) is 11.2. The molecule has 0 radical (unpaired) electrons. The van der Waals surface area contributed by atoms with E-state index in [1.165, 1.54) is 18.2 Å². The van der Waals surface area contributed by atoms with Crippen molar-refractivity contribution in [2.45, 2.75) is 6.61 Å². The molecule has 14 heavy (non-hydrogen) atoms. The van der Waals surface area contributed by atoms with Crippen molar-refractivity contribution in [1.82, 2.24) is 0 Å². The van der Waals surface area contributed by atoms with Gasteiger partial charge in [-0.05, 0) is 40.8 Å². The smallest absolute Gasteiger partial charge is 0.387 e. The summed E-state index contributed by atoms with van der Waals surface area (Å²) in [7, 11) is 0. The second-order valence-electron chi connectivity index (χ2n) is 2.32. The molecule has 6 heteroatoms. The number of ether oxygens (including phenoxy) is 1. The summed E-state index contributed by atoms with van der Waals surface area (Å²) in [5.41, 5.74) is -0.272. The van der Waals surface area contributed by atoms with E-state index in [0.29, 0.717) is 3.57 Å². The molecule has 0 aromatic heterocycles. The minimum Gasteiger partial charge on any atom is -0.478 e. The summed E-state index contributed by atoms with van der Waals surface area (Å²) in [5.74, 6) is -1.61. The Morgan fingerprint density at radius 2 is 2.14 bits per heavy atom. The number of hydrogen-bond donors (Lipinski definition) is 1. The quantitative estimate of drug-likeness (QED) is 0.873. The van der Waals surface area contributed by atoms with Gasteiger partial charge in [0.15, 0.2) is 0 Å². The minimum absolute atomic E-state index is 0.272. The first-order valence-electron chi connectivity index (χ1n) is 3.48. The van der Waals surface area contributed by atoms with Crippen LogP contribution in [0.5, 0.6) is 5.75 Å². The number of alkyl halides is 2. The van der Waals surface area contributed by atoms with Gasteiger partial charge >= 0.3 is 12.6 Å². The molecule has 0 heterocycles. The van der Waals surface area contributed by atoms with Gasteiger partial charge in [-0.2, -0.15) is 8.78 Å². The zero-order valence-electron chi connectivity index (χ0n) is 6.71. The van der Waals surface area contributed by atoms with Crippen LogP contribution in [0.2, 0.25) is 0 Å². The van der Waals surface area contributed by atoms with Crippen LogP contribution in [0.4, 0.5) is 8.78 Å². The molecule has 0 fully saturated rings. The van der Waals surface area contributed by atoms with E-state index in [0.717, 1.165) is 0 Å². The van der Waals surface area contributed by atoms with Crippen LogP contribution in [-0.2, 0) is 0 Å². The zero-order valence-corrected chi connectivity index (χ0v) is 8.86. The standard InChI is InChI=1S/C8H5F2IO3/c9-8(10)14-6-3-4(11)1-2-5(6)7(12)13/h1-3,8H,(H,12,13). The molecule has 0 aliphatic rings. The Labute approximate surface area is 91.8 Å². The van der Waals surface area contributed by atoms with Crippen molar-refractivity contribution >= 4 is 28.6 Å². The van der Waals surface area contributed by atoms with Crippen LogP contribution in [-0.4, -0.2) is 17.7 Å². The van der Waals surface area contributed by atoms with Gasteiger partial charge in [0.05, 0.1) is 0 Å². The van der Waals surface area contributed by atoms with E-state index >= 15 is 0 Å². The van der Waals surface area contributed by atoms with Crippen LogP contribution in [0.1, 0.15) is 10.4 Å². The summed E-state index contributed by atoms with van der Waals surface area (Å²) >= 11 is 1.87. The number of carboxylic acids is 1. The number of carboxylic acid groups (broad SMARTS) is 1. The zero-order chi connectivity index (χ0) is 10.7. The van der Waals surface area contributed by atoms with Crippen LogP contribution in [0.3, 0.4) is 0 Å². The fourth-order valence-electron chi connectivity index (χ4n) is 0.866. The maximum atomic E-state index is 11.9. The highest BCUT2D eigenvalue weighted by atomic mass is 127. The first-order valence-corrected chi connectivity index (χ1v) is 4.56. The molecular weight excluding hydrogens is 309 g/mol. The molecule has 76 valence electrons. The van der Waals surface area contributed by atoms with Crippen molar-refractivity contribution in [3.8, 4) is 5.75 Å². The van der Waals surface area contributed by atoms with E-state index in [4.69, 9.17) is 5.11 Å². The molecular formula is C8H5F2IO3. The van der Waals surface area contributed by atoms with Crippen molar-refractivity contribution < 1.29 is 23.4 Å². The van der Waals surface area contributed by atoms with Crippen LogP contribution < -0.4 is 4.74 Å². The highest BCUT2D eigenvalue weighted by Gasteiger charge is 2.14. The van der Waals surface area contributed by atoms with Gasteiger partial charge in [0, 0.05) is 3.57 Å². The molecule has 0 atom stereocenters. The van der Waals surface area contributed by atoms with Gasteiger partial charge in [-0.1, -0.05) is 0 Å². The summed E-state index contributed by atoms with van der Waals surface area (Å²) in [6.07, 6.45) is 0. The van der Waals surface area contributed by atoms with Gasteiger partial charge < -0.3 is 9.84 Å². The Morgan fingerprint density at radius 3 is 2.64 bits per heavy atom. The van der Waals surface area contributed by atoms with E-state index in [2.05, 4.69) is 4.74 Å². The van der Waals surface area contributed by atoms with Gasteiger partial charge in [0.1, 0.15) is 11.3 Å². The Balaban J connectivity index is 3.09. The Bertz CT molecular complexity index is 354. The van der Waals surface area contributed by atoms with E-state index in [1.807, 2.05) is 22.6 Å². The van der Waals surface area contributed by atoms with E-state index in [1.54, 1.807) is 0 Å². The fourth-order valence-corrected chi connectivity index (χ4v) is 1.33. The lowest BCUT2D eigenvalue weighted by Crippen LogP contribution is -2.07. The molecule has 1 aromatic carbocycles. The molecule has 0 aliphatic heterocycles. The highest BCUT2D eigenvalue weighted by molar-refractivity contribution is 14.1. The van der Waals surface area contributed by atoms with Crippen LogP contribution >= 0.6 is 22.6 Å². The van der Waals surface area contributed by atoms with Crippen molar-refractivity contribution in [2.24, 2.45) is 0 Å². The molecule has 1 rings (SSSR count). The third-order valence-electron chi connectivity index (χ3n) is 1.39. The lowest BCUT2D eigenvalue weighted by molar-refractivity contribution is -0.0503. The van der Waals surface area contributed by atoms with Gasteiger partial charge in [-0.25, -0.2) is 4.79 Å². The molecule has 0 aliphatic carbocycles. The number of halogens is 3. The van der Waals surface area contributed by atoms with E-state index in [-0.39, 0.29) is 11.3 Å². The third-order valence-corrected chi connectivity index (χ3v) is 2.06. The summed E-state index contributed by atoms with van der Waals surface area (Å²) in [4.78, 5) is 10.6. The number of benzene rings is 1. The molecule has 0 amide bonds. The lowest BCUT2D eigenvalue weighted by Gasteiger charge is -2.07. The second-order valence-corrected chi connectivity index (χ2v) is 3.57. The molecule has 0 spiro atoms. The Hall–Kier alpha value is -0.920. The Morgan fingerprint density at radius 1 is 1.50 bits per heavy atom. The minimum atomic E-state index is -3.02. The fraction of sp³-hybridized carbons (Fsp3) is 0.125. The van der Waals surface area contributed by atoms with Crippen molar-refractivity contribution in [3.05, 3.63) is 27.3 Å². The molecule has 0 bridgehead atoms. The molecule has 3 nitrogen and oxygen atoms in total. The normalized spacial score (nSPS) is 10.3. The maximum absolute atomic E-state index is 11.9. The van der Waals surface area contributed by atoms with Crippen LogP contribution in [0.25, 0.3) is 0 Å². The summed E-state index contributed by atoms with van der Waals surface area (Å²) < 4.78 is 28.5. The number of rotatable bonds is 3. The molecule has 0 saturated heterocycles. The average Bonchev–Trinajstić information content (AvgIpc) is 2.01. The topological polar surface area (TPSA) is 46.5 Å². The van der Waals surface area contributed by atoms with Crippen molar-refractivity contribution in [1.29, 1.82) is 0 Å². The molecule has 1 N–H and O–H groups in total. The predicted octanol–water partition coefficient (Wildman–Crippen LogP) is 2.59. The highest BCUT2D eigenvalue weighted by Crippen LogP contribution is 2.23. The maximum Gasteiger partial charge on any atom is 0.387 e. The van der Waals surface area contributed by atoms with Gasteiger partial charge in [-0.15, -0.1) is 0 Å². The van der Waals surface area contributed by atoms with Crippen molar-refractivity contribution in [2.75, 3.05) is 0 Å². The summed E-state index contributed by atoms with van der Waals surface area (Å²) in [6.45, 7) is -3.02. The molecule has 1 aromatic rings. The Kier molecular flexibility index (Phi) is 3.62. The van der Waals surface area contributed by atoms with Crippen molar-refractivity contribution in [3.63, 3.8) is 0 Å². The molecule has 0 saturated carbocycles. The number of hydrogen-bond acceptors (Lipinski definition) is 2.